The Morgan fingerprint density at radius 2 is 1.72 bits per heavy atom. The predicted octanol–water partition coefficient (Wildman–Crippen LogP) is 3.40. The van der Waals surface area contributed by atoms with Crippen LogP contribution in [-0.4, -0.2) is 5.11 Å². The molecule has 1 atom stereocenters. The first-order valence-corrected chi connectivity index (χ1v) is 6.29. The molecular weight excluding hydrogens is 227 g/mol. The molecule has 92 valence electrons. The molecule has 1 aliphatic rings. The van der Waals surface area contributed by atoms with Crippen molar-refractivity contribution in [2.24, 2.45) is 0 Å². The number of benzene rings is 2. The van der Waals surface area contributed by atoms with Crippen LogP contribution in [0.1, 0.15) is 34.8 Å². The number of fused-ring (bicyclic) bond motifs is 1. The summed E-state index contributed by atoms with van der Waals surface area (Å²) in [6.45, 7) is 0. The summed E-state index contributed by atoms with van der Waals surface area (Å²) in [5.74, 6) is -0.312. The van der Waals surface area contributed by atoms with E-state index >= 15 is 0 Å². The molecule has 0 fully saturated rings. The maximum Gasteiger partial charge on any atom is 0.123 e. The van der Waals surface area contributed by atoms with Crippen molar-refractivity contribution in [2.75, 3.05) is 0 Å². The first kappa shape index (κ1) is 11.4. The van der Waals surface area contributed by atoms with E-state index < -0.39 is 6.10 Å². The molecule has 2 aromatic carbocycles. The van der Waals surface area contributed by atoms with E-state index in [9.17, 15) is 9.50 Å². The summed E-state index contributed by atoms with van der Waals surface area (Å²) in [6.07, 6.45) is 2.66. The topological polar surface area (TPSA) is 20.2 Å². The van der Waals surface area contributed by atoms with E-state index in [-0.39, 0.29) is 5.82 Å². The fourth-order valence-corrected chi connectivity index (χ4v) is 2.63. The quantitative estimate of drug-likeness (QED) is 0.855. The van der Waals surface area contributed by atoms with Gasteiger partial charge in [-0.2, -0.15) is 0 Å². The highest BCUT2D eigenvalue weighted by atomic mass is 19.1. The standard InChI is InChI=1S/C16H15FO/c17-15-6-2-5-13(10-15)16(18)14-8-7-11-3-1-4-12(11)9-14/h2,5-10,16,18H,1,3-4H2. The van der Waals surface area contributed by atoms with Gasteiger partial charge in [-0.05, 0) is 53.6 Å². The molecule has 1 aliphatic carbocycles. The SMILES string of the molecule is OC(c1cccc(F)c1)c1ccc2c(c1)CCC2. The Morgan fingerprint density at radius 1 is 0.944 bits per heavy atom. The van der Waals surface area contributed by atoms with E-state index in [1.807, 2.05) is 6.07 Å². The third-order valence-electron chi connectivity index (χ3n) is 3.60. The van der Waals surface area contributed by atoms with Crippen LogP contribution in [-0.2, 0) is 12.8 Å². The fraction of sp³-hybridized carbons (Fsp3) is 0.250. The zero-order valence-electron chi connectivity index (χ0n) is 10.1. The molecular formula is C16H15FO. The zero-order valence-corrected chi connectivity index (χ0v) is 10.1. The lowest BCUT2D eigenvalue weighted by atomic mass is 9.98. The monoisotopic (exact) mass is 242 g/mol. The second kappa shape index (κ2) is 4.54. The van der Waals surface area contributed by atoms with E-state index in [2.05, 4.69) is 12.1 Å². The lowest BCUT2D eigenvalue weighted by Gasteiger charge is -2.13. The number of aryl methyl sites for hydroxylation is 2. The highest BCUT2D eigenvalue weighted by molar-refractivity contribution is 5.39. The Balaban J connectivity index is 1.95. The van der Waals surface area contributed by atoms with Gasteiger partial charge >= 0.3 is 0 Å². The van der Waals surface area contributed by atoms with E-state index in [0.29, 0.717) is 5.56 Å². The first-order valence-electron chi connectivity index (χ1n) is 6.29. The number of aliphatic hydroxyl groups is 1. The Labute approximate surface area is 106 Å². The highest BCUT2D eigenvalue weighted by Gasteiger charge is 2.15. The Kier molecular flexibility index (Phi) is 2.88. The molecule has 0 aromatic heterocycles. The summed E-state index contributed by atoms with van der Waals surface area (Å²) < 4.78 is 13.2. The second-order valence-corrected chi connectivity index (χ2v) is 4.84. The van der Waals surface area contributed by atoms with E-state index in [1.165, 1.54) is 29.7 Å². The summed E-state index contributed by atoms with van der Waals surface area (Å²) in [6, 6.07) is 12.2. The lowest BCUT2D eigenvalue weighted by Crippen LogP contribution is -2.01. The molecule has 0 saturated heterocycles. The maximum atomic E-state index is 13.2. The highest BCUT2D eigenvalue weighted by Crippen LogP contribution is 2.28. The normalized spacial score (nSPS) is 15.4. The van der Waals surface area contributed by atoms with Crippen LogP contribution < -0.4 is 0 Å². The van der Waals surface area contributed by atoms with E-state index in [1.54, 1.807) is 12.1 Å². The van der Waals surface area contributed by atoms with E-state index in [0.717, 1.165) is 18.4 Å². The number of halogens is 1. The molecule has 0 saturated carbocycles. The van der Waals surface area contributed by atoms with Gasteiger partial charge in [-0.3, -0.25) is 0 Å². The van der Waals surface area contributed by atoms with Gasteiger partial charge in [-0.25, -0.2) is 4.39 Å². The van der Waals surface area contributed by atoms with Crippen LogP contribution in [0, 0.1) is 5.82 Å². The van der Waals surface area contributed by atoms with Gasteiger partial charge in [0.15, 0.2) is 0 Å². The van der Waals surface area contributed by atoms with Crippen LogP contribution in [0.2, 0.25) is 0 Å². The van der Waals surface area contributed by atoms with Crippen molar-refractivity contribution in [1.29, 1.82) is 0 Å². The number of rotatable bonds is 2. The molecule has 0 amide bonds. The second-order valence-electron chi connectivity index (χ2n) is 4.84. The molecule has 0 heterocycles. The van der Waals surface area contributed by atoms with Crippen LogP contribution in [0.3, 0.4) is 0 Å². The third kappa shape index (κ3) is 2.04. The van der Waals surface area contributed by atoms with Crippen molar-refractivity contribution < 1.29 is 9.50 Å². The minimum absolute atomic E-state index is 0.312. The van der Waals surface area contributed by atoms with E-state index in [4.69, 9.17) is 0 Å². The summed E-state index contributed by atoms with van der Waals surface area (Å²) in [5.41, 5.74) is 4.15. The van der Waals surface area contributed by atoms with Crippen molar-refractivity contribution in [3.63, 3.8) is 0 Å². The molecule has 18 heavy (non-hydrogen) atoms. The zero-order chi connectivity index (χ0) is 12.5. The maximum absolute atomic E-state index is 13.2. The average Bonchev–Trinajstić information content (AvgIpc) is 2.85. The van der Waals surface area contributed by atoms with Crippen molar-refractivity contribution in [3.8, 4) is 0 Å². The molecule has 1 N–H and O–H groups in total. The van der Waals surface area contributed by atoms with Crippen LogP contribution in [0.25, 0.3) is 0 Å². The Morgan fingerprint density at radius 3 is 2.56 bits per heavy atom. The molecule has 0 spiro atoms. The minimum atomic E-state index is -0.744. The third-order valence-corrected chi connectivity index (χ3v) is 3.60. The largest absolute Gasteiger partial charge is 0.384 e. The van der Waals surface area contributed by atoms with Gasteiger partial charge in [0.05, 0.1) is 0 Å². The first-order chi connectivity index (χ1) is 8.74. The Hall–Kier alpha value is -1.67. The van der Waals surface area contributed by atoms with Crippen LogP contribution in [0.15, 0.2) is 42.5 Å². The van der Waals surface area contributed by atoms with Gasteiger partial charge in [0, 0.05) is 0 Å². The lowest BCUT2D eigenvalue weighted by molar-refractivity contribution is 0.219. The van der Waals surface area contributed by atoms with Gasteiger partial charge < -0.3 is 5.11 Å². The molecule has 0 bridgehead atoms. The number of hydrogen-bond acceptors (Lipinski definition) is 1. The van der Waals surface area contributed by atoms with Crippen molar-refractivity contribution in [2.45, 2.75) is 25.4 Å². The fourth-order valence-electron chi connectivity index (χ4n) is 2.63. The molecule has 1 unspecified atom stereocenters. The molecule has 0 radical (unpaired) electrons. The molecule has 0 aliphatic heterocycles. The van der Waals surface area contributed by atoms with Gasteiger partial charge in [-0.15, -0.1) is 0 Å². The number of hydrogen-bond donors (Lipinski definition) is 1. The molecule has 3 rings (SSSR count). The van der Waals surface area contributed by atoms with Gasteiger partial charge in [0.25, 0.3) is 0 Å². The summed E-state index contributed by atoms with van der Waals surface area (Å²) >= 11 is 0. The van der Waals surface area contributed by atoms with Crippen LogP contribution in [0.5, 0.6) is 0 Å². The van der Waals surface area contributed by atoms with Gasteiger partial charge in [-0.1, -0.05) is 30.3 Å². The summed E-state index contributed by atoms with van der Waals surface area (Å²) in [4.78, 5) is 0. The molecule has 2 aromatic rings. The van der Waals surface area contributed by atoms with Crippen LogP contribution >= 0.6 is 0 Å². The van der Waals surface area contributed by atoms with Crippen molar-refractivity contribution in [3.05, 3.63) is 70.5 Å². The molecule has 1 nitrogen and oxygen atoms in total. The van der Waals surface area contributed by atoms with Crippen molar-refractivity contribution in [1.82, 2.24) is 0 Å². The number of aliphatic hydroxyl groups excluding tert-OH is 1. The molecule has 2 heteroatoms. The Bertz CT molecular complexity index is 577. The summed E-state index contributed by atoms with van der Waals surface area (Å²) in [7, 11) is 0. The van der Waals surface area contributed by atoms with Crippen LogP contribution in [0.4, 0.5) is 4.39 Å². The average molecular weight is 242 g/mol. The smallest absolute Gasteiger partial charge is 0.123 e. The van der Waals surface area contributed by atoms with Gasteiger partial charge in [0.2, 0.25) is 0 Å². The minimum Gasteiger partial charge on any atom is -0.384 e. The summed E-state index contributed by atoms with van der Waals surface area (Å²) in [5, 5.41) is 10.3. The predicted molar refractivity (Wildman–Crippen MR) is 68.9 cm³/mol. The van der Waals surface area contributed by atoms with Crippen molar-refractivity contribution >= 4 is 0 Å². The van der Waals surface area contributed by atoms with Gasteiger partial charge in [0.1, 0.15) is 11.9 Å².